The number of carboxylic acid groups (broad SMARTS) is 1. The maximum absolute atomic E-state index is 12.6. The molecule has 0 radical (unpaired) electrons. The van der Waals surface area contributed by atoms with Crippen LogP contribution in [0.4, 0.5) is 5.69 Å². The van der Waals surface area contributed by atoms with Gasteiger partial charge >= 0.3 is 5.97 Å². The van der Waals surface area contributed by atoms with E-state index in [0.29, 0.717) is 13.1 Å². The number of nitrogens with zero attached hydrogens (tertiary/aromatic N) is 6. The molecule has 0 saturated carbocycles. The number of aliphatic carboxylic acids is 1. The SMILES string of the molecule is CCCc1ccc(=O)n(CC2C(c3ccc(N4CC[C@@H](C(C)(C)C(=O)O)C4)c(CC)n3)N=NN2C)c1. The van der Waals surface area contributed by atoms with Gasteiger partial charge in [0, 0.05) is 32.4 Å². The molecule has 0 bridgehead atoms. The lowest BCUT2D eigenvalue weighted by Crippen LogP contribution is -2.36. The third-order valence-corrected chi connectivity index (χ3v) is 7.84. The Morgan fingerprint density at radius 3 is 2.67 bits per heavy atom. The summed E-state index contributed by atoms with van der Waals surface area (Å²) in [5.74, 6) is -0.664. The van der Waals surface area contributed by atoms with Crippen molar-refractivity contribution >= 4 is 11.7 Å². The van der Waals surface area contributed by atoms with Crippen molar-refractivity contribution in [1.29, 1.82) is 0 Å². The average Bonchev–Trinajstić information content (AvgIpc) is 3.49. The highest BCUT2D eigenvalue weighted by molar-refractivity contribution is 5.74. The van der Waals surface area contributed by atoms with Crippen molar-refractivity contribution in [2.24, 2.45) is 21.7 Å². The number of aryl methyl sites for hydroxylation is 2. The monoisotopic (exact) mass is 494 g/mol. The van der Waals surface area contributed by atoms with E-state index in [0.717, 1.165) is 54.9 Å². The van der Waals surface area contributed by atoms with Crippen LogP contribution in [0.3, 0.4) is 0 Å². The number of hydrogen-bond acceptors (Lipinski definition) is 7. The van der Waals surface area contributed by atoms with Crippen molar-refractivity contribution in [3.63, 3.8) is 0 Å². The molecule has 36 heavy (non-hydrogen) atoms. The number of likely N-dealkylation sites (N-methyl/N-ethyl adjacent to an activating group) is 1. The van der Waals surface area contributed by atoms with Crippen molar-refractivity contribution in [2.75, 3.05) is 25.0 Å². The van der Waals surface area contributed by atoms with Gasteiger partial charge in [0.2, 0.25) is 0 Å². The molecule has 1 saturated heterocycles. The molecule has 4 heterocycles. The van der Waals surface area contributed by atoms with Gasteiger partial charge in [-0.25, -0.2) is 0 Å². The number of aromatic nitrogens is 2. The predicted molar refractivity (Wildman–Crippen MR) is 139 cm³/mol. The third kappa shape index (κ3) is 5.01. The highest BCUT2D eigenvalue weighted by atomic mass is 16.4. The van der Waals surface area contributed by atoms with E-state index in [2.05, 4.69) is 35.2 Å². The topological polar surface area (TPSA) is 103 Å². The van der Waals surface area contributed by atoms with Gasteiger partial charge in [-0.3, -0.25) is 19.6 Å². The molecular formula is C27H38N6O3. The minimum Gasteiger partial charge on any atom is -0.481 e. The quantitative estimate of drug-likeness (QED) is 0.563. The fraction of sp³-hybridized carbons (Fsp3) is 0.593. The van der Waals surface area contributed by atoms with Gasteiger partial charge in [-0.2, -0.15) is 5.11 Å². The van der Waals surface area contributed by atoms with Crippen LogP contribution in [0.5, 0.6) is 0 Å². The lowest BCUT2D eigenvalue weighted by Gasteiger charge is -2.28. The molecule has 1 fully saturated rings. The second-order valence-corrected chi connectivity index (χ2v) is 10.6. The first-order chi connectivity index (χ1) is 17.1. The zero-order chi connectivity index (χ0) is 26.0. The van der Waals surface area contributed by atoms with Gasteiger partial charge in [-0.15, -0.1) is 0 Å². The molecular weight excluding hydrogens is 456 g/mol. The molecule has 2 aliphatic heterocycles. The van der Waals surface area contributed by atoms with Crippen LogP contribution in [-0.2, 0) is 24.2 Å². The van der Waals surface area contributed by atoms with Crippen molar-refractivity contribution < 1.29 is 9.90 Å². The van der Waals surface area contributed by atoms with Gasteiger partial charge in [0.15, 0.2) is 0 Å². The summed E-state index contributed by atoms with van der Waals surface area (Å²) in [5.41, 5.74) is 3.24. The van der Waals surface area contributed by atoms with Gasteiger partial charge in [0.05, 0.1) is 35.1 Å². The van der Waals surface area contributed by atoms with Gasteiger partial charge in [0.25, 0.3) is 5.56 Å². The molecule has 9 nitrogen and oxygen atoms in total. The fourth-order valence-corrected chi connectivity index (χ4v) is 5.29. The first kappa shape index (κ1) is 25.9. The van der Waals surface area contributed by atoms with Crippen LogP contribution in [0.15, 0.2) is 45.6 Å². The lowest BCUT2D eigenvalue weighted by molar-refractivity contribution is -0.149. The highest BCUT2D eigenvalue weighted by Gasteiger charge is 2.41. The van der Waals surface area contributed by atoms with E-state index in [1.807, 2.05) is 44.2 Å². The summed E-state index contributed by atoms with van der Waals surface area (Å²) in [7, 11) is 1.89. The highest BCUT2D eigenvalue weighted by Crippen LogP contribution is 2.38. The zero-order valence-electron chi connectivity index (χ0n) is 22.0. The van der Waals surface area contributed by atoms with Crippen LogP contribution >= 0.6 is 0 Å². The maximum Gasteiger partial charge on any atom is 0.309 e. The Balaban J connectivity index is 1.56. The van der Waals surface area contributed by atoms with E-state index in [-0.39, 0.29) is 23.6 Å². The van der Waals surface area contributed by atoms with E-state index < -0.39 is 11.4 Å². The average molecular weight is 495 g/mol. The van der Waals surface area contributed by atoms with Crippen molar-refractivity contribution in [1.82, 2.24) is 14.6 Å². The standard InChI is InChI=1S/C27H38N6O3/c1-6-8-18-9-12-24(34)33(15-18)17-23-25(29-30-31(23)5)21-10-11-22(20(7-2)28-21)32-14-13-19(16-32)27(3,4)26(35)36/h9-12,15,19,23,25H,6-8,13-14,16-17H2,1-5H3,(H,35,36)/t19-,23?,25?/m1/s1. The van der Waals surface area contributed by atoms with E-state index in [1.54, 1.807) is 10.6 Å². The summed E-state index contributed by atoms with van der Waals surface area (Å²) in [6.45, 7) is 9.85. The predicted octanol–water partition coefficient (Wildman–Crippen LogP) is 4.12. The molecule has 0 amide bonds. The Kier molecular flexibility index (Phi) is 7.47. The molecule has 4 rings (SSSR count). The maximum atomic E-state index is 12.6. The Hall–Kier alpha value is -3.23. The van der Waals surface area contributed by atoms with Crippen molar-refractivity contribution in [3.8, 4) is 0 Å². The summed E-state index contributed by atoms with van der Waals surface area (Å²) in [6.07, 6.45) is 5.51. The molecule has 0 aromatic carbocycles. The number of hydrogen-bond donors (Lipinski definition) is 1. The summed E-state index contributed by atoms with van der Waals surface area (Å²) in [6, 6.07) is 7.26. The van der Waals surface area contributed by atoms with Crippen LogP contribution in [0, 0.1) is 11.3 Å². The van der Waals surface area contributed by atoms with Gasteiger partial charge < -0.3 is 14.6 Å². The van der Waals surface area contributed by atoms with Crippen LogP contribution in [0.1, 0.15) is 63.5 Å². The third-order valence-electron chi connectivity index (χ3n) is 7.84. The van der Waals surface area contributed by atoms with E-state index in [9.17, 15) is 14.7 Å². The smallest absolute Gasteiger partial charge is 0.309 e. The minimum absolute atomic E-state index is 0.0284. The van der Waals surface area contributed by atoms with Gasteiger partial charge in [-0.05, 0) is 56.7 Å². The van der Waals surface area contributed by atoms with Crippen molar-refractivity contribution in [2.45, 2.75) is 72.0 Å². The summed E-state index contributed by atoms with van der Waals surface area (Å²) in [5, 5.41) is 20.3. The number of rotatable bonds is 9. The van der Waals surface area contributed by atoms with E-state index in [4.69, 9.17) is 4.98 Å². The summed E-state index contributed by atoms with van der Waals surface area (Å²) >= 11 is 0. The Morgan fingerprint density at radius 2 is 1.97 bits per heavy atom. The minimum atomic E-state index is -0.761. The molecule has 0 aliphatic carbocycles. The van der Waals surface area contributed by atoms with E-state index in [1.165, 1.54) is 0 Å². The van der Waals surface area contributed by atoms with Gasteiger partial charge in [-0.1, -0.05) is 31.6 Å². The molecule has 2 aliphatic rings. The first-order valence-electron chi connectivity index (χ1n) is 13.0. The number of pyridine rings is 2. The van der Waals surface area contributed by atoms with Crippen molar-refractivity contribution in [3.05, 3.63) is 57.8 Å². The van der Waals surface area contributed by atoms with Crippen LogP contribution in [0.25, 0.3) is 0 Å². The number of carbonyl (C=O) groups is 1. The van der Waals surface area contributed by atoms with Crippen LogP contribution in [-0.4, -0.2) is 51.8 Å². The molecule has 2 unspecified atom stereocenters. The number of anilines is 1. The molecule has 9 heteroatoms. The Bertz CT molecular complexity index is 1190. The van der Waals surface area contributed by atoms with Gasteiger partial charge in [0.1, 0.15) is 6.04 Å². The first-order valence-corrected chi connectivity index (χ1v) is 13.0. The molecule has 3 atom stereocenters. The molecule has 2 aromatic rings. The summed E-state index contributed by atoms with van der Waals surface area (Å²) in [4.78, 5) is 31.6. The molecule has 2 aromatic heterocycles. The fourth-order valence-electron chi connectivity index (χ4n) is 5.29. The van der Waals surface area contributed by atoms with Crippen LogP contribution < -0.4 is 10.5 Å². The second-order valence-electron chi connectivity index (χ2n) is 10.6. The lowest BCUT2D eigenvalue weighted by atomic mass is 9.78. The Labute approximate surface area is 212 Å². The largest absolute Gasteiger partial charge is 0.481 e. The number of carboxylic acids is 1. The normalized spacial score (nSPS) is 22.0. The Morgan fingerprint density at radius 1 is 1.19 bits per heavy atom. The summed E-state index contributed by atoms with van der Waals surface area (Å²) < 4.78 is 1.76. The molecule has 194 valence electrons. The zero-order valence-corrected chi connectivity index (χ0v) is 22.0. The van der Waals surface area contributed by atoms with Crippen LogP contribution in [0.2, 0.25) is 0 Å². The van der Waals surface area contributed by atoms with E-state index >= 15 is 0 Å². The molecule has 1 N–H and O–H groups in total. The molecule has 0 spiro atoms. The second kappa shape index (κ2) is 10.4.